The Labute approximate surface area is 115 Å². The maximum absolute atomic E-state index is 11.7. The lowest BCUT2D eigenvalue weighted by molar-refractivity contribution is -0.117. The first-order valence-electron chi connectivity index (χ1n) is 5.23. The van der Waals surface area contributed by atoms with E-state index in [-0.39, 0.29) is 12.3 Å². The molecule has 0 atom stereocenters. The van der Waals surface area contributed by atoms with Gasteiger partial charge in [0.25, 0.3) is 0 Å². The van der Waals surface area contributed by atoms with Gasteiger partial charge in [-0.3, -0.25) is 4.79 Å². The molecule has 3 nitrogen and oxygen atoms in total. The van der Waals surface area contributed by atoms with E-state index in [0.717, 1.165) is 10.0 Å². The van der Waals surface area contributed by atoms with Gasteiger partial charge in [0.15, 0.2) is 0 Å². The van der Waals surface area contributed by atoms with E-state index in [1.165, 1.54) is 0 Å². The Bertz CT molecular complexity index is 441. The summed E-state index contributed by atoms with van der Waals surface area (Å²) < 4.78 is 0.808. The van der Waals surface area contributed by atoms with Crippen LogP contribution in [0.2, 0.25) is 5.02 Å². The summed E-state index contributed by atoms with van der Waals surface area (Å²) in [5.74, 6) is -0.127. The fraction of sp³-hybridized carbons (Fsp3) is 0.417. The minimum absolute atomic E-state index is 0.127. The number of nitrogens with one attached hydrogen (secondary N) is 1. The molecule has 0 fully saturated rings. The van der Waals surface area contributed by atoms with Crippen molar-refractivity contribution >= 4 is 39.1 Å². The average Bonchev–Trinajstić information content (AvgIpc) is 2.11. The zero-order chi connectivity index (χ0) is 13.2. The molecule has 1 aromatic rings. The maximum Gasteiger partial charge on any atom is 0.226 e. The molecule has 0 radical (unpaired) electrons. The minimum Gasteiger partial charge on any atom is -0.325 e. The van der Waals surface area contributed by atoms with Crippen molar-refractivity contribution in [2.75, 3.05) is 5.32 Å². The van der Waals surface area contributed by atoms with Gasteiger partial charge in [0.2, 0.25) is 5.91 Å². The summed E-state index contributed by atoms with van der Waals surface area (Å²) in [7, 11) is 0. The fourth-order valence-electron chi connectivity index (χ4n) is 1.35. The van der Waals surface area contributed by atoms with Crippen molar-refractivity contribution in [3.63, 3.8) is 0 Å². The number of rotatable bonds is 3. The zero-order valence-electron chi connectivity index (χ0n) is 10.1. The van der Waals surface area contributed by atoms with Crippen LogP contribution >= 0.6 is 27.5 Å². The van der Waals surface area contributed by atoms with E-state index >= 15 is 0 Å². The molecular weight excluding hydrogens is 304 g/mol. The molecular formula is C12H16BrClN2O. The highest BCUT2D eigenvalue weighted by Crippen LogP contribution is 2.29. The second-order valence-corrected chi connectivity index (χ2v) is 6.06. The third kappa shape index (κ3) is 4.66. The lowest BCUT2D eigenvalue weighted by Gasteiger charge is -2.18. The number of halogens is 2. The predicted molar refractivity (Wildman–Crippen MR) is 75.4 cm³/mol. The van der Waals surface area contributed by atoms with E-state index in [1.807, 2.05) is 26.8 Å². The van der Waals surface area contributed by atoms with E-state index in [4.69, 9.17) is 17.3 Å². The van der Waals surface area contributed by atoms with Crippen molar-refractivity contribution in [2.24, 2.45) is 5.73 Å². The number of hydrogen-bond acceptors (Lipinski definition) is 2. The van der Waals surface area contributed by atoms with Crippen LogP contribution in [0.25, 0.3) is 0 Å². The van der Waals surface area contributed by atoms with E-state index in [0.29, 0.717) is 10.7 Å². The molecule has 17 heavy (non-hydrogen) atoms. The smallest absolute Gasteiger partial charge is 0.226 e. The largest absolute Gasteiger partial charge is 0.325 e. The van der Waals surface area contributed by atoms with Gasteiger partial charge in [-0.2, -0.15) is 0 Å². The van der Waals surface area contributed by atoms with Crippen LogP contribution in [0.15, 0.2) is 16.6 Å². The van der Waals surface area contributed by atoms with Gasteiger partial charge in [-0.1, -0.05) is 11.6 Å². The monoisotopic (exact) mass is 318 g/mol. The molecule has 0 aliphatic rings. The number of hydrogen-bond donors (Lipinski definition) is 2. The van der Waals surface area contributed by atoms with Gasteiger partial charge >= 0.3 is 0 Å². The Hall–Kier alpha value is -0.580. The van der Waals surface area contributed by atoms with Crippen molar-refractivity contribution in [1.29, 1.82) is 0 Å². The average molecular weight is 320 g/mol. The minimum atomic E-state index is -0.523. The van der Waals surface area contributed by atoms with Crippen LogP contribution in [0.1, 0.15) is 25.8 Å². The molecule has 94 valence electrons. The quantitative estimate of drug-likeness (QED) is 0.896. The van der Waals surface area contributed by atoms with Gasteiger partial charge < -0.3 is 11.1 Å². The molecule has 0 aliphatic carbocycles. The van der Waals surface area contributed by atoms with Gasteiger partial charge in [0, 0.05) is 21.5 Å². The molecule has 0 heterocycles. The topological polar surface area (TPSA) is 55.1 Å². The Balaban J connectivity index is 2.82. The van der Waals surface area contributed by atoms with Gasteiger partial charge in [-0.25, -0.2) is 0 Å². The van der Waals surface area contributed by atoms with Crippen LogP contribution in [0, 0.1) is 6.92 Å². The van der Waals surface area contributed by atoms with Crippen molar-refractivity contribution in [3.05, 3.63) is 27.2 Å². The Morgan fingerprint density at radius 1 is 1.53 bits per heavy atom. The molecule has 3 N–H and O–H groups in total. The molecule has 0 unspecified atom stereocenters. The standard InChI is InChI=1S/C12H16BrClN2O/c1-7-4-8(13)10(5-9(7)14)16-11(17)6-12(2,3)15/h4-5H,6,15H2,1-3H3,(H,16,17). The number of aryl methyl sites for hydroxylation is 1. The number of nitrogens with two attached hydrogens (primary N) is 1. The maximum atomic E-state index is 11.7. The molecule has 0 aromatic heterocycles. The molecule has 0 spiro atoms. The van der Waals surface area contributed by atoms with Gasteiger partial charge in [-0.15, -0.1) is 0 Å². The molecule has 0 saturated carbocycles. The normalized spacial score (nSPS) is 11.4. The van der Waals surface area contributed by atoms with Crippen LogP contribution in [0.3, 0.4) is 0 Å². The summed E-state index contributed by atoms with van der Waals surface area (Å²) in [6.45, 7) is 5.52. The number of amides is 1. The first-order valence-corrected chi connectivity index (χ1v) is 6.40. The van der Waals surface area contributed by atoms with E-state index in [1.54, 1.807) is 6.07 Å². The second-order valence-electron chi connectivity index (χ2n) is 4.79. The van der Waals surface area contributed by atoms with Crippen LogP contribution in [0.5, 0.6) is 0 Å². The first kappa shape index (κ1) is 14.5. The Morgan fingerprint density at radius 3 is 2.65 bits per heavy atom. The lowest BCUT2D eigenvalue weighted by Crippen LogP contribution is -2.36. The summed E-state index contributed by atoms with van der Waals surface area (Å²) in [4.78, 5) is 11.7. The molecule has 1 rings (SSSR count). The van der Waals surface area contributed by atoms with Crippen molar-refractivity contribution < 1.29 is 4.79 Å². The number of carbonyl (C=O) groups excluding carboxylic acids is 1. The summed E-state index contributed by atoms with van der Waals surface area (Å²) in [6, 6.07) is 3.59. The molecule has 0 bridgehead atoms. The SMILES string of the molecule is Cc1cc(Br)c(NC(=O)CC(C)(C)N)cc1Cl. The highest BCUT2D eigenvalue weighted by Gasteiger charge is 2.17. The summed E-state index contributed by atoms with van der Waals surface area (Å²) in [6.07, 6.45) is 0.255. The van der Waals surface area contributed by atoms with Crippen LogP contribution in [0.4, 0.5) is 5.69 Å². The second kappa shape index (κ2) is 5.38. The molecule has 1 aromatic carbocycles. The third-order valence-corrected chi connectivity index (χ3v) is 3.20. The first-order chi connectivity index (χ1) is 7.69. The van der Waals surface area contributed by atoms with Crippen molar-refractivity contribution in [1.82, 2.24) is 0 Å². The Kier molecular flexibility index (Phi) is 4.58. The summed E-state index contributed by atoms with van der Waals surface area (Å²) in [5.41, 5.74) is 6.88. The molecule has 5 heteroatoms. The van der Waals surface area contributed by atoms with E-state index in [2.05, 4.69) is 21.2 Å². The van der Waals surface area contributed by atoms with Crippen LogP contribution in [-0.2, 0) is 4.79 Å². The van der Waals surface area contributed by atoms with E-state index < -0.39 is 5.54 Å². The van der Waals surface area contributed by atoms with Gasteiger partial charge in [0.05, 0.1) is 5.69 Å². The molecule has 0 aliphatic heterocycles. The van der Waals surface area contributed by atoms with Gasteiger partial charge in [0.1, 0.15) is 0 Å². The highest BCUT2D eigenvalue weighted by molar-refractivity contribution is 9.10. The third-order valence-electron chi connectivity index (χ3n) is 2.14. The van der Waals surface area contributed by atoms with Crippen LogP contribution < -0.4 is 11.1 Å². The lowest BCUT2D eigenvalue weighted by atomic mass is 10.0. The Morgan fingerprint density at radius 2 is 2.12 bits per heavy atom. The van der Waals surface area contributed by atoms with Crippen molar-refractivity contribution in [2.45, 2.75) is 32.7 Å². The van der Waals surface area contributed by atoms with Crippen LogP contribution in [-0.4, -0.2) is 11.4 Å². The molecule has 0 saturated heterocycles. The number of carbonyl (C=O) groups is 1. The molecule has 1 amide bonds. The van der Waals surface area contributed by atoms with Crippen molar-refractivity contribution in [3.8, 4) is 0 Å². The fourth-order valence-corrected chi connectivity index (χ4v) is 2.07. The van der Waals surface area contributed by atoms with E-state index in [9.17, 15) is 4.79 Å². The highest BCUT2D eigenvalue weighted by atomic mass is 79.9. The van der Waals surface area contributed by atoms with Gasteiger partial charge in [-0.05, 0) is 54.4 Å². The predicted octanol–water partition coefficient (Wildman–Crippen LogP) is 3.48. The summed E-state index contributed by atoms with van der Waals surface area (Å²) >= 11 is 9.39. The summed E-state index contributed by atoms with van der Waals surface area (Å²) in [5, 5.41) is 3.41. The number of benzene rings is 1. The zero-order valence-corrected chi connectivity index (χ0v) is 12.4. The number of anilines is 1.